The molecule has 6 heteroatoms. The van der Waals surface area contributed by atoms with E-state index in [0.717, 1.165) is 6.08 Å². The van der Waals surface area contributed by atoms with Gasteiger partial charge in [-0.15, -0.1) is 0 Å². The Hall–Kier alpha value is -0.360. The molecule has 90 valence electrons. The van der Waals surface area contributed by atoms with Gasteiger partial charge in [-0.1, -0.05) is 48.6 Å². The third-order valence-electron chi connectivity index (χ3n) is 1.55. The van der Waals surface area contributed by atoms with Crippen molar-refractivity contribution >= 4 is 11.9 Å². The zero-order valence-electron chi connectivity index (χ0n) is 11.3. The van der Waals surface area contributed by atoms with E-state index in [9.17, 15) is 19.8 Å². The third-order valence-corrected chi connectivity index (χ3v) is 1.55. The van der Waals surface area contributed by atoms with Crippen LogP contribution in [-0.4, -0.2) is 11.9 Å². The van der Waals surface area contributed by atoms with Crippen LogP contribution < -0.4 is 69.3 Å². The summed E-state index contributed by atoms with van der Waals surface area (Å²) >= 11 is 0. The number of aromatic carboxylic acids is 1. The SMILES string of the molecule is CC=CC=CC(=O)[O-].O=C([O-])c1ccccc1.[Na+].[Na+]. The topological polar surface area (TPSA) is 80.3 Å². The van der Waals surface area contributed by atoms with E-state index in [1.807, 2.05) is 0 Å². The maximum absolute atomic E-state index is 10.1. The smallest absolute Gasteiger partial charge is 0.545 e. The first-order valence-corrected chi connectivity index (χ1v) is 4.84. The van der Waals surface area contributed by atoms with Crippen LogP contribution in [0, 0.1) is 0 Å². The Kier molecular flexibility index (Phi) is 19.6. The molecule has 1 aromatic rings. The first-order valence-electron chi connectivity index (χ1n) is 4.84. The van der Waals surface area contributed by atoms with Crippen LogP contribution in [0.3, 0.4) is 0 Å². The Morgan fingerprint density at radius 3 is 1.84 bits per heavy atom. The Bertz CT molecular complexity index is 414. The number of carbonyl (C=O) groups is 2. The van der Waals surface area contributed by atoms with E-state index in [2.05, 4.69) is 0 Å². The molecule has 0 aliphatic rings. The van der Waals surface area contributed by atoms with E-state index >= 15 is 0 Å². The molecule has 19 heavy (non-hydrogen) atoms. The molecule has 0 aliphatic carbocycles. The molecular formula is C13H12Na2O4. The second-order valence-electron chi connectivity index (χ2n) is 2.86. The number of benzene rings is 1. The van der Waals surface area contributed by atoms with Crippen LogP contribution in [0.25, 0.3) is 0 Å². The van der Waals surface area contributed by atoms with Gasteiger partial charge in [0.2, 0.25) is 0 Å². The Morgan fingerprint density at radius 2 is 1.53 bits per heavy atom. The molecule has 0 fully saturated rings. The van der Waals surface area contributed by atoms with Gasteiger partial charge in [0.25, 0.3) is 0 Å². The number of hydrogen-bond donors (Lipinski definition) is 0. The Morgan fingerprint density at radius 1 is 1.00 bits per heavy atom. The molecule has 0 unspecified atom stereocenters. The van der Waals surface area contributed by atoms with Crippen molar-refractivity contribution in [2.24, 2.45) is 0 Å². The van der Waals surface area contributed by atoms with E-state index in [1.54, 1.807) is 37.3 Å². The first-order chi connectivity index (χ1) is 8.07. The number of rotatable bonds is 3. The van der Waals surface area contributed by atoms with Crippen molar-refractivity contribution in [3.63, 3.8) is 0 Å². The van der Waals surface area contributed by atoms with Crippen LogP contribution in [0.5, 0.6) is 0 Å². The second-order valence-corrected chi connectivity index (χ2v) is 2.86. The van der Waals surface area contributed by atoms with Gasteiger partial charge in [0.05, 0.1) is 11.9 Å². The third kappa shape index (κ3) is 15.6. The van der Waals surface area contributed by atoms with Gasteiger partial charge < -0.3 is 19.8 Å². The van der Waals surface area contributed by atoms with E-state index in [0.29, 0.717) is 0 Å². The molecule has 0 spiro atoms. The van der Waals surface area contributed by atoms with Crippen molar-refractivity contribution in [2.45, 2.75) is 6.92 Å². The average molecular weight is 278 g/mol. The number of carbonyl (C=O) groups excluding carboxylic acids is 2. The van der Waals surface area contributed by atoms with E-state index in [1.165, 1.54) is 18.2 Å². The molecule has 1 rings (SSSR count). The van der Waals surface area contributed by atoms with Gasteiger partial charge in [0.15, 0.2) is 0 Å². The summed E-state index contributed by atoms with van der Waals surface area (Å²) < 4.78 is 0. The fourth-order valence-electron chi connectivity index (χ4n) is 0.819. The fraction of sp³-hybridized carbons (Fsp3) is 0.0769. The summed E-state index contributed by atoms with van der Waals surface area (Å²) in [7, 11) is 0. The van der Waals surface area contributed by atoms with Crippen LogP contribution in [0.15, 0.2) is 54.6 Å². The van der Waals surface area contributed by atoms with Gasteiger partial charge in [-0.05, 0) is 18.6 Å². The largest absolute Gasteiger partial charge is 1.00 e. The van der Waals surface area contributed by atoms with Gasteiger partial charge >= 0.3 is 59.1 Å². The zero-order valence-corrected chi connectivity index (χ0v) is 15.3. The Labute approximate surface area is 156 Å². The fourth-order valence-corrected chi connectivity index (χ4v) is 0.819. The number of carboxylic acids is 2. The van der Waals surface area contributed by atoms with Gasteiger partial charge in [-0.3, -0.25) is 0 Å². The van der Waals surface area contributed by atoms with Crippen molar-refractivity contribution in [1.29, 1.82) is 0 Å². The minimum absolute atomic E-state index is 0. The molecule has 0 heterocycles. The summed E-state index contributed by atoms with van der Waals surface area (Å²) in [5.74, 6) is -2.29. The summed E-state index contributed by atoms with van der Waals surface area (Å²) in [5.41, 5.74) is 0.220. The minimum atomic E-state index is -1.16. The van der Waals surface area contributed by atoms with Crippen molar-refractivity contribution in [2.75, 3.05) is 0 Å². The molecular weight excluding hydrogens is 266 g/mol. The van der Waals surface area contributed by atoms with E-state index in [-0.39, 0.29) is 64.7 Å². The Balaban J connectivity index is -0.000000246. The van der Waals surface area contributed by atoms with Crippen molar-refractivity contribution < 1.29 is 78.9 Å². The zero-order chi connectivity index (χ0) is 13.1. The van der Waals surface area contributed by atoms with Gasteiger partial charge in [-0.25, -0.2) is 0 Å². The molecule has 0 bridgehead atoms. The molecule has 0 saturated heterocycles. The van der Waals surface area contributed by atoms with Gasteiger partial charge in [-0.2, -0.15) is 0 Å². The molecule has 4 nitrogen and oxygen atoms in total. The normalized spacial score (nSPS) is 8.89. The van der Waals surface area contributed by atoms with Crippen molar-refractivity contribution in [1.82, 2.24) is 0 Å². The molecule has 1 aromatic carbocycles. The van der Waals surface area contributed by atoms with Crippen LogP contribution in [-0.2, 0) is 4.79 Å². The standard InChI is InChI=1S/C7H6O2.C6H8O2.2Na/c8-7(9)6-4-2-1-3-5-6;1-2-3-4-5-6(7)8;;/h1-5H,(H,8,9);2-5H,1H3,(H,7,8);;/q;;2*+1/p-2. The second kappa shape index (κ2) is 15.7. The molecule has 0 radical (unpaired) electrons. The molecule has 0 aliphatic heterocycles. The average Bonchev–Trinajstić information content (AvgIpc) is 2.31. The van der Waals surface area contributed by atoms with Crippen molar-refractivity contribution in [3.05, 3.63) is 60.2 Å². The molecule has 0 saturated carbocycles. The van der Waals surface area contributed by atoms with Gasteiger partial charge in [0.1, 0.15) is 0 Å². The molecule has 0 atom stereocenters. The maximum atomic E-state index is 10.1. The molecule has 0 aromatic heterocycles. The maximum Gasteiger partial charge on any atom is 1.00 e. The summed E-state index contributed by atoms with van der Waals surface area (Å²) in [6, 6.07) is 8.06. The van der Waals surface area contributed by atoms with Crippen molar-refractivity contribution in [3.8, 4) is 0 Å². The van der Waals surface area contributed by atoms with Crippen LogP contribution in [0.2, 0.25) is 0 Å². The van der Waals surface area contributed by atoms with Crippen LogP contribution >= 0.6 is 0 Å². The monoisotopic (exact) mass is 278 g/mol. The van der Waals surface area contributed by atoms with Crippen LogP contribution in [0.4, 0.5) is 0 Å². The predicted octanol–water partition coefficient (Wildman–Crippen LogP) is -6.07. The van der Waals surface area contributed by atoms with Gasteiger partial charge in [0, 0.05) is 0 Å². The number of carboxylic acid groups (broad SMARTS) is 2. The number of allylic oxidation sites excluding steroid dienone is 3. The summed E-state index contributed by atoms with van der Waals surface area (Å²) in [5, 5.41) is 19.7. The summed E-state index contributed by atoms with van der Waals surface area (Å²) in [6.45, 7) is 1.81. The molecule has 0 N–H and O–H groups in total. The summed E-state index contributed by atoms with van der Waals surface area (Å²) in [6.07, 6.45) is 5.74. The molecule has 0 amide bonds. The van der Waals surface area contributed by atoms with E-state index in [4.69, 9.17) is 0 Å². The van der Waals surface area contributed by atoms with Crippen LogP contribution in [0.1, 0.15) is 17.3 Å². The minimum Gasteiger partial charge on any atom is -0.545 e. The number of hydrogen-bond acceptors (Lipinski definition) is 4. The summed E-state index contributed by atoms with van der Waals surface area (Å²) in [4.78, 5) is 19.7. The van der Waals surface area contributed by atoms with E-state index < -0.39 is 11.9 Å². The number of aliphatic carboxylic acids is 1. The predicted molar refractivity (Wildman–Crippen MR) is 59.7 cm³/mol. The first kappa shape index (κ1) is 23.7. The quantitative estimate of drug-likeness (QED) is 0.313.